The summed E-state index contributed by atoms with van der Waals surface area (Å²) in [6.07, 6.45) is 4.24. The molecule has 0 aliphatic rings. The van der Waals surface area contributed by atoms with E-state index in [4.69, 9.17) is 0 Å². The molecule has 0 saturated carbocycles. The van der Waals surface area contributed by atoms with Gasteiger partial charge in [-0.2, -0.15) is 4.57 Å². The number of halogens is 1. The molecule has 0 N–H and O–H groups in total. The number of allylic oxidation sites excluding steroid dienone is 1. The van der Waals surface area contributed by atoms with Gasteiger partial charge >= 0.3 is 0 Å². The Hall–Kier alpha value is -0.900. The highest BCUT2D eigenvalue weighted by Crippen LogP contribution is 2.10. The first kappa shape index (κ1) is 9.65. The minimum absolute atomic E-state index is 0.880. The van der Waals surface area contributed by atoms with Crippen LogP contribution in [-0.4, -0.2) is 0 Å². The van der Waals surface area contributed by atoms with E-state index in [1.165, 1.54) is 10.8 Å². The van der Waals surface area contributed by atoms with Crippen molar-refractivity contribution in [1.29, 1.82) is 0 Å². The fraction of sp³-hybridized carbons (Fsp3) is 0.0833. The number of nitrogens with zero attached hydrogens (tertiary/aromatic N) is 1. The Morgan fingerprint density at radius 1 is 1.21 bits per heavy atom. The van der Waals surface area contributed by atoms with Gasteiger partial charge in [0.15, 0.2) is 18.9 Å². The van der Waals surface area contributed by atoms with Gasteiger partial charge in [-0.3, -0.25) is 0 Å². The molecule has 0 amide bonds. The highest BCUT2D eigenvalue weighted by atomic mass is 127. The van der Waals surface area contributed by atoms with Crippen molar-refractivity contribution in [3.8, 4) is 0 Å². The number of pyridine rings is 1. The monoisotopic (exact) mass is 296 g/mol. The lowest BCUT2D eigenvalue weighted by Gasteiger charge is -1.97. The summed E-state index contributed by atoms with van der Waals surface area (Å²) in [6.45, 7) is 4.78. The van der Waals surface area contributed by atoms with E-state index in [0.717, 1.165) is 10.1 Å². The Morgan fingerprint density at radius 2 is 1.93 bits per heavy atom. The van der Waals surface area contributed by atoms with Crippen LogP contribution >= 0.6 is 22.6 Å². The first-order chi connectivity index (χ1) is 6.75. The number of benzene rings is 1. The van der Waals surface area contributed by atoms with Crippen molar-refractivity contribution in [2.24, 2.45) is 0 Å². The summed E-state index contributed by atoms with van der Waals surface area (Å²) in [7, 11) is 0. The summed E-state index contributed by atoms with van der Waals surface area (Å²) in [5, 5.41) is 2.55. The molecule has 1 nitrogen and oxygen atoms in total. The van der Waals surface area contributed by atoms with Gasteiger partial charge < -0.3 is 0 Å². The third-order valence-electron chi connectivity index (χ3n) is 2.10. The molecule has 0 aliphatic heterocycles. The Morgan fingerprint density at radius 3 is 2.64 bits per heavy atom. The molecule has 0 fully saturated rings. The summed E-state index contributed by atoms with van der Waals surface area (Å²) >= 11 is 2.25. The molecule has 0 atom stereocenters. The van der Waals surface area contributed by atoms with E-state index in [-0.39, 0.29) is 0 Å². The molecule has 14 heavy (non-hydrogen) atoms. The number of hydrogen-bond donors (Lipinski definition) is 0. The number of aromatic nitrogens is 1. The molecule has 0 unspecified atom stereocenters. The fourth-order valence-electron chi connectivity index (χ4n) is 1.47. The normalized spacial score (nSPS) is 10.4. The van der Waals surface area contributed by atoms with Crippen LogP contribution in [-0.2, 0) is 6.54 Å². The Kier molecular flexibility index (Phi) is 2.82. The quantitative estimate of drug-likeness (QED) is 0.592. The number of rotatable bonds is 2. The second-order valence-electron chi connectivity index (χ2n) is 3.26. The van der Waals surface area contributed by atoms with Crippen LogP contribution in [0.1, 0.15) is 0 Å². The molecule has 2 aromatic rings. The first-order valence-electron chi connectivity index (χ1n) is 4.47. The highest BCUT2D eigenvalue weighted by Gasteiger charge is 2.02. The van der Waals surface area contributed by atoms with Gasteiger partial charge in [0.1, 0.15) is 0 Å². The summed E-state index contributed by atoms with van der Waals surface area (Å²) in [5.74, 6) is 0. The van der Waals surface area contributed by atoms with Crippen molar-refractivity contribution in [1.82, 2.24) is 0 Å². The lowest BCUT2D eigenvalue weighted by molar-refractivity contribution is -0.686. The van der Waals surface area contributed by atoms with E-state index in [1.54, 1.807) is 0 Å². The van der Waals surface area contributed by atoms with Crippen molar-refractivity contribution >= 4 is 33.4 Å². The van der Waals surface area contributed by atoms with Crippen molar-refractivity contribution in [2.45, 2.75) is 6.54 Å². The molecule has 70 valence electrons. The zero-order valence-corrected chi connectivity index (χ0v) is 9.94. The maximum absolute atomic E-state index is 3.90. The average molecular weight is 296 g/mol. The van der Waals surface area contributed by atoms with E-state index in [0.29, 0.717) is 0 Å². The van der Waals surface area contributed by atoms with Crippen LogP contribution in [0.2, 0.25) is 0 Å². The van der Waals surface area contributed by atoms with Crippen molar-refractivity contribution in [3.63, 3.8) is 0 Å². The molecule has 1 heterocycles. The molecule has 0 saturated heterocycles. The lowest BCUT2D eigenvalue weighted by atomic mass is 10.2. The van der Waals surface area contributed by atoms with Crippen molar-refractivity contribution in [2.75, 3.05) is 0 Å². The summed E-state index contributed by atoms with van der Waals surface area (Å²) in [4.78, 5) is 0. The standard InChI is InChI=1S/C12H11IN/c1-10(13)8-14-7-6-11-4-2-3-5-12(11)9-14/h2-7,9H,1,8H2/q+1. The molecular weight excluding hydrogens is 285 g/mol. The van der Waals surface area contributed by atoms with Gasteiger partial charge in [0.25, 0.3) is 0 Å². The third-order valence-corrected chi connectivity index (χ3v) is 2.44. The number of hydrogen-bond acceptors (Lipinski definition) is 0. The molecule has 0 bridgehead atoms. The van der Waals surface area contributed by atoms with E-state index >= 15 is 0 Å². The van der Waals surface area contributed by atoms with E-state index in [9.17, 15) is 0 Å². The van der Waals surface area contributed by atoms with Crippen LogP contribution in [0.3, 0.4) is 0 Å². The minimum atomic E-state index is 0.880. The molecule has 0 radical (unpaired) electrons. The van der Waals surface area contributed by atoms with Gasteiger partial charge in [0, 0.05) is 15.0 Å². The molecule has 2 rings (SSSR count). The third kappa shape index (κ3) is 2.12. The summed E-state index contributed by atoms with van der Waals surface area (Å²) in [5.41, 5.74) is 0. The number of fused-ring (bicyclic) bond motifs is 1. The van der Waals surface area contributed by atoms with Crippen LogP contribution in [0.25, 0.3) is 10.8 Å². The van der Waals surface area contributed by atoms with Crippen molar-refractivity contribution in [3.05, 3.63) is 52.9 Å². The van der Waals surface area contributed by atoms with Crippen LogP contribution in [0.5, 0.6) is 0 Å². The van der Waals surface area contributed by atoms with Crippen LogP contribution in [0.15, 0.2) is 52.9 Å². The molecular formula is C12H11IN+. The highest BCUT2D eigenvalue weighted by molar-refractivity contribution is 14.1. The average Bonchev–Trinajstić information content (AvgIpc) is 2.17. The zero-order valence-electron chi connectivity index (χ0n) is 7.78. The van der Waals surface area contributed by atoms with Gasteiger partial charge in [-0.25, -0.2) is 0 Å². The Balaban J connectivity index is 2.46. The summed E-state index contributed by atoms with van der Waals surface area (Å²) in [6, 6.07) is 10.5. The maximum Gasteiger partial charge on any atom is 0.178 e. The molecule has 0 aliphatic carbocycles. The Bertz CT molecular complexity index is 476. The second-order valence-corrected chi connectivity index (χ2v) is 4.79. The molecule has 2 heteroatoms. The fourth-order valence-corrected chi connectivity index (χ4v) is 1.87. The van der Waals surface area contributed by atoms with E-state index in [2.05, 4.69) is 76.5 Å². The predicted molar refractivity (Wildman–Crippen MR) is 67.3 cm³/mol. The summed E-state index contributed by atoms with van der Waals surface area (Å²) < 4.78 is 3.29. The topological polar surface area (TPSA) is 3.88 Å². The Labute approximate surface area is 97.2 Å². The van der Waals surface area contributed by atoms with Gasteiger partial charge in [-0.1, -0.05) is 24.8 Å². The predicted octanol–water partition coefficient (Wildman–Crippen LogP) is 3.08. The van der Waals surface area contributed by atoms with Crippen LogP contribution < -0.4 is 4.57 Å². The largest absolute Gasteiger partial charge is 0.200 e. The molecule has 1 aromatic carbocycles. The smallest absolute Gasteiger partial charge is 0.178 e. The van der Waals surface area contributed by atoms with Gasteiger partial charge in [-0.15, -0.1) is 0 Å². The maximum atomic E-state index is 3.90. The molecule has 1 aromatic heterocycles. The van der Waals surface area contributed by atoms with Crippen LogP contribution in [0, 0.1) is 0 Å². The van der Waals surface area contributed by atoms with Crippen LogP contribution in [0.4, 0.5) is 0 Å². The first-order valence-corrected chi connectivity index (χ1v) is 5.55. The SMILES string of the molecule is C=C(I)C[n+]1ccc2ccccc2c1. The van der Waals surface area contributed by atoms with E-state index < -0.39 is 0 Å². The second kappa shape index (κ2) is 4.09. The molecule has 0 spiro atoms. The van der Waals surface area contributed by atoms with Gasteiger partial charge in [0.2, 0.25) is 0 Å². The lowest BCUT2D eigenvalue weighted by Crippen LogP contribution is -2.32. The van der Waals surface area contributed by atoms with Gasteiger partial charge in [-0.05, 0) is 34.0 Å². The minimum Gasteiger partial charge on any atom is -0.200 e. The van der Waals surface area contributed by atoms with Crippen molar-refractivity contribution < 1.29 is 4.57 Å². The van der Waals surface area contributed by atoms with E-state index in [1.807, 2.05) is 0 Å². The van der Waals surface area contributed by atoms with Gasteiger partial charge in [0.05, 0.1) is 0 Å². The zero-order chi connectivity index (χ0) is 9.97.